The summed E-state index contributed by atoms with van der Waals surface area (Å²) in [4.78, 5) is 73.0. The molecular formula is C46H55N9O6. The molecule has 0 spiro atoms. The number of aliphatic hydroxyl groups is 1. The SMILES string of the molecule is CC(C)(C)C#CCOC(=O)N[C@@H]1CCN(C(=O)NC(C(=O)N2CCC[C@H]2c2ncc(-c3ccc(C4CCC(NC(=O)c5cnc(CO)cn5)CC4)cc3)[nH]2)c2ccccc2)C1. The summed E-state index contributed by atoms with van der Waals surface area (Å²) in [5.74, 6) is 6.51. The van der Waals surface area contributed by atoms with Crippen molar-refractivity contribution in [2.45, 2.75) is 102 Å². The fourth-order valence-corrected chi connectivity index (χ4v) is 8.27. The number of carbonyl (C=O) groups is 4. The summed E-state index contributed by atoms with van der Waals surface area (Å²) in [6, 6.07) is 16.0. The van der Waals surface area contributed by atoms with Crippen LogP contribution >= 0.6 is 0 Å². The molecule has 2 aliphatic heterocycles. The molecule has 2 aromatic carbocycles. The van der Waals surface area contributed by atoms with E-state index in [-0.39, 0.29) is 66.8 Å². The largest absolute Gasteiger partial charge is 0.436 e. The average molecular weight is 830 g/mol. The summed E-state index contributed by atoms with van der Waals surface area (Å²) in [6.45, 7) is 6.94. The Morgan fingerprint density at radius 1 is 0.885 bits per heavy atom. The number of urea groups is 1. The maximum Gasteiger partial charge on any atom is 0.408 e. The number of hydrogen-bond donors (Lipinski definition) is 5. The highest BCUT2D eigenvalue weighted by molar-refractivity contribution is 5.92. The molecule has 1 unspecified atom stereocenters. The standard InChI is InChI=1S/C46H55N9O6/c1-46(2,3)21-8-24-61-45(60)51-35-20-23-54(28-35)44(59)53-40(33-9-5-4-6-10-33)43(58)55-22-7-11-39(55)41-49-26-37(52-41)32-14-12-30(13-15-32)31-16-18-34(19-17-31)50-42(57)38-27-47-36(29-56)25-48-38/h4-6,9-10,12-15,25-27,31,34-35,39-40,56H,7,11,16-20,22-24,28-29H2,1-3H3,(H,49,52)(H,50,57)(H,51,60)(H,53,59)/t31?,34?,35-,39+,40?/m1/s1. The second-order valence-corrected chi connectivity index (χ2v) is 17.1. The topological polar surface area (TPSA) is 195 Å². The molecule has 2 saturated heterocycles. The lowest BCUT2D eigenvalue weighted by Crippen LogP contribution is -2.48. The predicted molar refractivity (Wildman–Crippen MR) is 228 cm³/mol. The van der Waals surface area contributed by atoms with Gasteiger partial charge in [0.1, 0.15) is 17.6 Å². The van der Waals surface area contributed by atoms with Gasteiger partial charge in [-0.15, -0.1) is 0 Å². The molecule has 3 aliphatic rings. The Morgan fingerprint density at radius 2 is 1.66 bits per heavy atom. The van der Waals surface area contributed by atoms with E-state index in [2.05, 4.69) is 67.0 Å². The second-order valence-electron chi connectivity index (χ2n) is 17.1. The zero-order valence-corrected chi connectivity index (χ0v) is 35.0. The van der Waals surface area contributed by atoms with Crippen LogP contribution in [0.5, 0.6) is 0 Å². The maximum atomic E-state index is 14.4. The number of nitrogens with zero attached hydrogens (tertiary/aromatic N) is 5. The van der Waals surface area contributed by atoms with Crippen molar-refractivity contribution in [2.24, 2.45) is 5.41 Å². The van der Waals surface area contributed by atoms with Crippen molar-refractivity contribution in [3.05, 3.63) is 102 Å². The number of aliphatic hydroxyl groups excluding tert-OH is 1. The molecule has 7 rings (SSSR count). The van der Waals surface area contributed by atoms with E-state index in [1.54, 1.807) is 4.90 Å². The van der Waals surface area contributed by atoms with Gasteiger partial charge < -0.3 is 40.6 Å². The molecule has 2 aromatic heterocycles. The highest BCUT2D eigenvalue weighted by Gasteiger charge is 2.38. The third-order valence-corrected chi connectivity index (χ3v) is 11.5. The molecule has 1 aliphatic carbocycles. The van der Waals surface area contributed by atoms with E-state index in [0.29, 0.717) is 42.5 Å². The highest BCUT2D eigenvalue weighted by Crippen LogP contribution is 2.36. The van der Waals surface area contributed by atoms with Crippen LogP contribution in [0.4, 0.5) is 9.59 Å². The fourth-order valence-electron chi connectivity index (χ4n) is 8.27. The number of ether oxygens (including phenoxy) is 1. The van der Waals surface area contributed by atoms with Crippen LogP contribution < -0.4 is 16.0 Å². The third kappa shape index (κ3) is 11.1. The summed E-state index contributed by atoms with van der Waals surface area (Å²) in [5, 5.41) is 18.1. The number of amides is 5. The van der Waals surface area contributed by atoms with E-state index in [1.807, 2.05) is 62.2 Å². The average Bonchev–Trinajstić information content (AvgIpc) is 4.07. The van der Waals surface area contributed by atoms with Crippen LogP contribution in [0.1, 0.15) is 117 Å². The fraction of sp³-hybridized carbons (Fsp3) is 0.457. The van der Waals surface area contributed by atoms with Gasteiger partial charge in [-0.05, 0) is 88.3 Å². The Bertz CT molecular complexity index is 2200. The first-order valence-electron chi connectivity index (χ1n) is 21.2. The van der Waals surface area contributed by atoms with Crippen molar-refractivity contribution in [2.75, 3.05) is 26.2 Å². The Labute approximate surface area is 356 Å². The monoisotopic (exact) mass is 829 g/mol. The van der Waals surface area contributed by atoms with Gasteiger partial charge in [0.2, 0.25) is 5.91 Å². The van der Waals surface area contributed by atoms with Crippen molar-refractivity contribution >= 4 is 23.9 Å². The molecule has 4 aromatic rings. The number of carbonyl (C=O) groups excluding carboxylic acids is 4. The Morgan fingerprint density at radius 3 is 2.36 bits per heavy atom. The zero-order chi connectivity index (χ0) is 42.9. The van der Waals surface area contributed by atoms with E-state index in [9.17, 15) is 24.3 Å². The molecule has 1 saturated carbocycles. The number of benzene rings is 2. The van der Waals surface area contributed by atoms with E-state index in [4.69, 9.17) is 9.72 Å². The minimum Gasteiger partial charge on any atom is -0.436 e. The molecule has 3 atom stereocenters. The molecule has 5 amide bonds. The molecule has 0 bridgehead atoms. The lowest BCUT2D eigenvalue weighted by atomic mass is 9.81. The van der Waals surface area contributed by atoms with Crippen LogP contribution in [0.25, 0.3) is 11.3 Å². The quantitative estimate of drug-likeness (QED) is 0.117. The third-order valence-electron chi connectivity index (χ3n) is 11.5. The normalized spacial score (nSPS) is 20.6. The van der Waals surface area contributed by atoms with Crippen LogP contribution in [0, 0.1) is 17.3 Å². The van der Waals surface area contributed by atoms with Gasteiger partial charge in [0.05, 0.1) is 48.7 Å². The zero-order valence-electron chi connectivity index (χ0n) is 35.0. The van der Waals surface area contributed by atoms with Gasteiger partial charge in [-0.3, -0.25) is 14.6 Å². The van der Waals surface area contributed by atoms with Crippen LogP contribution in [-0.2, 0) is 16.1 Å². The summed E-state index contributed by atoms with van der Waals surface area (Å²) >= 11 is 0. The summed E-state index contributed by atoms with van der Waals surface area (Å²) < 4.78 is 5.22. The van der Waals surface area contributed by atoms with Crippen LogP contribution in [-0.4, -0.2) is 97.1 Å². The lowest BCUT2D eigenvalue weighted by molar-refractivity contribution is -0.134. The van der Waals surface area contributed by atoms with Crippen molar-refractivity contribution in [1.29, 1.82) is 0 Å². The molecule has 15 heteroatoms. The van der Waals surface area contributed by atoms with E-state index in [0.717, 1.165) is 49.8 Å². The number of rotatable bonds is 11. The first-order chi connectivity index (χ1) is 29.4. The number of hydrogen-bond acceptors (Lipinski definition) is 9. The summed E-state index contributed by atoms with van der Waals surface area (Å²) in [7, 11) is 0. The van der Waals surface area contributed by atoms with Crippen LogP contribution in [0.3, 0.4) is 0 Å². The minimum absolute atomic E-state index is 0.0137. The van der Waals surface area contributed by atoms with Gasteiger partial charge in [-0.1, -0.05) is 66.4 Å². The van der Waals surface area contributed by atoms with E-state index in [1.165, 1.54) is 18.0 Å². The number of H-pyrrole nitrogens is 1. The van der Waals surface area contributed by atoms with Gasteiger partial charge in [0.25, 0.3) is 5.91 Å². The number of aromatic amines is 1. The molecule has 320 valence electrons. The van der Waals surface area contributed by atoms with E-state index < -0.39 is 12.1 Å². The molecule has 3 fully saturated rings. The van der Waals surface area contributed by atoms with Crippen LogP contribution in [0.15, 0.2) is 73.2 Å². The number of alkyl carbamates (subject to hydrolysis) is 1. The van der Waals surface area contributed by atoms with E-state index >= 15 is 0 Å². The molecule has 0 radical (unpaired) electrons. The molecule has 15 nitrogen and oxygen atoms in total. The first kappa shape index (κ1) is 42.8. The van der Waals surface area contributed by atoms with Gasteiger partial charge in [0.15, 0.2) is 6.61 Å². The first-order valence-corrected chi connectivity index (χ1v) is 21.2. The summed E-state index contributed by atoms with van der Waals surface area (Å²) in [5.41, 5.74) is 4.25. The molecule has 5 N–H and O–H groups in total. The summed E-state index contributed by atoms with van der Waals surface area (Å²) in [6.07, 6.45) is 9.74. The van der Waals surface area contributed by atoms with Gasteiger partial charge in [-0.2, -0.15) is 0 Å². The number of imidazole rings is 1. The second kappa shape index (κ2) is 19.4. The Kier molecular flexibility index (Phi) is 13.6. The lowest BCUT2D eigenvalue weighted by Gasteiger charge is -2.30. The van der Waals surface area contributed by atoms with Gasteiger partial charge in [0, 0.05) is 31.1 Å². The van der Waals surface area contributed by atoms with Gasteiger partial charge in [-0.25, -0.2) is 19.6 Å². The minimum atomic E-state index is -0.917. The number of likely N-dealkylation sites (tertiary alicyclic amines) is 2. The Balaban J connectivity index is 0.934. The molecule has 61 heavy (non-hydrogen) atoms. The number of nitrogens with one attached hydrogen (secondary N) is 4. The predicted octanol–water partition coefficient (Wildman–Crippen LogP) is 5.78. The maximum absolute atomic E-state index is 14.4. The van der Waals surface area contributed by atoms with Gasteiger partial charge >= 0.3 is 12.1 Å². The van der Waals surface area contributed by atoms with Crippen molar-refractivity contribution < 1.29 is 29.0 Å². The smallest absolute Gasteiger partial charge is 0.408 e. The van der Waals surface area contributed by atoms with Crippen molar-refractivity contribution in [3.8, 4) is 23.1 Å². The van der Waals surface area contributed by atoms with Crippen molar-refractivity contribution in [1.82, 2.24) is 45.7 Å². The highest BCUT2D eigenvalue weighted by atomic mass is 16.5. The Hall–Kier alpha value is -6.27. The van der Waals surface area contributed by atoms with Crippen molar-refractivity contribution in [3.63, 3.8) is 0 Å². The molecular weight excluding hydrogens is 775 g/mol. The van der Waals surface area contributed by atoms with Crippen LogP contribution in [0.2, 0.25) is 0 Å². The molecule has 4 heterocycles. The number of aromatic nitrogens is 4.